The molecule has 1 N–H and O–H groups in total. The molecule has 0 bridgehead atoms. The second kappa shape index (κ2) is 1.86. The van der Waals surface area contributed by atoms with Crippen LogP contribution in [-0.4, -0.2) is 10.5 Å². The van der Waals surface area contributed by atoms with Gasteiger partial charge < -0.3 is 5.41 Å². The van der Waals surface area contributed by atoms with Crippen molar-refractivity contribution in [1.29, 1.82) is 5.41 Å². The molecule has 0 saturated carbocycles. The number of nitrogens with one attached hydrogen (secondary N) is 1. The van der Waals surface area contributed by atoms with Crippen molar-refractivity contribution < 1.29 is 0 Å². The minimum Gasteiger partial charge on any atom is -0.309 e. The van der Waals surface area contributed by atoms with Crippen molar-refractivity contribution in [2.45, 2.75) is 25.5 Å². The Morgan fingerprint density at radius 1 is 1.57 bits per heavy atom. The first-order valence-corrected chi connectivity index (χ1v) is 2.67. The molecule has 0 amide bonds. The van der Waals surface area contributed by atoms with E-state index >= 15 is 0 Å². The smallest absolute Gasteiger partial charge is 0.0445 e. The SMILES string of the molecule is CC(=N)C(C)(C)S. The molecule has 42 valence electrons. The number of rotatable bonds is 1. The van der Waals surface area contributed by atoms with Gasteiger partial charge in [0.15, 0.2) is 0 Å². The summed E-state index contributed by atoms with van der Waals surface area (Å²) in [6, 6.07) is 0. The Kier molecular flexibility index (Phi) is 1.87. The highest BCUT2D eigenvalue weighted by Crippen LogP contribution is 2.11. The van der Waals surface area contributed by atoms with Gasteiger partial charge in [-0.3, -0.25) is 0 Å². The maximum atomic E-state index is 7.07. The van der Waals surface area contributed by atoms with Crippen molar-refractivity contribution in [3.63, 3.8) is 0 Å². The van der Waals surface area contributed by atoms with Crippen LogP contribution in [0.15, 0.2) is 0 Å². The molecule has 2 heteroatoms. The fourth-order valence-corrected chi connectivity index (χ4v) is 0. The van der Waals surface area contributed by atoms with Crippen LogP contribution in [0.3, 0.4) is 0 Å². The third kappa shape index (κ3) is 2.68. The largest absolute Gasteiger partial charge is 0.309 e. The molecule has 0 fully saturated rings. The van der Waals surface area contributed by atoms with Gasteiger partial charge in [-0.05, 0) is 20.8 Å². The van der Waals surface area contributed by atoms with Crippen molar-refractivity contribution >= 4 is 18.3 Å². The maximum Gasteiger partial charge on any atom is 0.0445 e. The second-order valence-corrected chi connectivity index (χ2v) is 3.30. The second-order valence-electron chi connectivity index (χ2n) is 2.18. The number of hydrogen-bond acceptors (Lipinski definition) is 2. The average Bonchev–Trinajstić information content (AvgIpc) is 1.31. The van der Waals surface area contributed by atoms with Crippen LogP contribution in [-0.2, 0) is 0 Å². The number of hydrogen-bond donors (Lipinski definition) is 2. The maximum absolute atomic E-state index is 7.07. The molecule has 0 unspecified atom stereocenters. The zero-order valence-electron chi connectivity index (χ0n) is 4.95. The molecule has 0 aliphatic rings. The van der Waals surface area contributed by atoms with E-state index in [9.17, 15) is 0 Å². The predicted molar refractivity (Wildman–Crippen MR) is 36.5 cm³/mol. The van der Waals surface area contributed by atoms with E-state index in [-0.39, 0.29) is 4.75 Å². The zero-order chi connectivity index (χ0) is 6.08. The molecule has 0 spiro atoms. The van der Waals surface area contributed by atoms with E-state index in [0.717, 1.165) is 0 Å². The van der Waals surface area contributed by atoms with E-state index in [0.29, 0.717) is 5.71 Å². The van der Waals surface area contributed by atoms with Crippen LogP contribution < -0.4 is 0 Å². The van der Waals surface area contributed by atoms with Crippen LogP contribution in [0, 0.1) is 5.41 Å². The fourth-order valence-electron chi connectivity index (χ4n) is 0. The van der Waals surface area contributed by atoms with Crippen molar-refractivity contribution in [2.75, 3.05) is 0 Å². The summed E-state index contributed by atoms with van der Waals surface area (Å²) in [5.41, 5.74) is 0.607. The average molecular weight is 117 g/mol. The third-order valence-electron chi connectivity index (χ3n) is 0.918. The summed E-state index contributed by atoms with van der Waals surface area (Å²) in [4.78, 5) is 0. The molecule has 0 radical (unpaired) electrons. The van der Waals surface area contributed by atoms with Gasteiger partial charge in [-0.25, -0.2) is 0 Å². The lowest BCUT2D eigenvalue weighted by atomic mass is 10.1. The van der Waals surface area contributed by atoms with Gasteiger partial charge in [0, 0.05) is 10.5 Å². The van der Waals surface area contributed by atoms with Gasteiger partial charge in [0.25, 0.3) is 0 Å². The molecule has 0 aromatic heterocycles. The van der Waals surface area contributed by atoms with Gasteiger partial charge >= 0.3 is 0 Å². The molecule has 0 saturated heterocycles. The van der Waals surface area contributed by atoms with Crippen molar-refractivity contribution in [2.24, 2.45) is 0 Å². The summed E-state index contributed by atoms with van der Waals surface area (Å²) in [6.07, 6.45) is 0. The third-order valence-corrected chi connectivity index (χ3v) is 1.25. The molecular formula is C5H11NS. The first-order chi connectivity index (χ1) is 2.94. The lowest BCUT2D eigenvalue weighted by Crippen LogP contribution is -2.20. The van der Waals surface area contributed by atoms with Crippen LogP contribution in [0.25, 0.3) is 0 Å². The lowest BCUT2D eigenvalue weighted by molar-refractivity contribution is 0.944. The molecule has 0 rings (SSSR count). The van der Waals surface area contributed by atoms with Crippen molar-refractivity contribution in [3.8, 4) is 0 Å². The van der Waals surface area contributed by atoms with E-state index in [1.807, 2.05) is 13.8 Å². The monoisotopic (exact) mass is 117 g/mol. The first kappa shape index (κ1) is 7.02. The van der Waals surface area contributed by atoms with Crippen molar-refractivity contribution in [3.05, 3.63) is 0 Å². The standard InChI is InChI=1S/C5H11NS/c1-4(6)5(2,3)7/h6-7H,1-3H3. The molecule has 0 atom stereocenters. The van der Waals surface area contributed by atoms with Gasteiger partial charge in [-0.2, -0.15) is 12.6 Å². The van der Waals surface area contributed by atoms with Gasteiger partial charge in [-0.1, -0.05) is 0 Å². The zero-order valence-corrected chi connectivity index (χ0v) is 5.84. The fraction of sp³-hybridized carbons (Fsp3) is 0.800. The summed E-state index contributed by atoms with van der Waals surface area (Å²) in [7, 11) is 0. The molecular weight excluding hydrogens is 106 g/mol. The van der Waals surface area contributed by atoms with Crippen LogP contribution in [0.5, 0.6) is 0 Å². The summed E-state index contributed by atoms with van der Waals surface area (Å²) >= 11 is 4.12. The molecule has 7 heavy (non-hydrogen) atoms. The van der Waals surface area contributed by atoms with Crippen LogP contribution in [0.4, 0.5) is 0 Å². The highest BCUT2D eigenvalue weighted by molar-refractivity contribution is 7.82. The highest BCUT2D eigenvalue weighted by atomic mass is 32.1. The van der Waals surface area contributed by atoms with E-state index in [2.05, 4.69) is 12.6 Å². The van der Waals surface area contributed by atoms with Crippen LogP contribution in [0.1, 0.15) is 20.8 Å². The van der Waals surface area contributed by atoms with Gasteiger partial charge in [0.1, 0.15) is 0 Å². The first-order valence-electron chi connectivity index (χ1n) is 2.22. The summed E-state index contributed by atoms with van der Waals surface area (Å²) in [5.74, 6) is 0. The molecule has 0 aromatic carbocycles. The Hall–Kier alpha value is 0.0200. The van der Waals surface area contributed by atoms with E-state index in [4.69, 9.17) is 5.41 Å². The number of thiol groups is 1. The minimum atomic E-state index is -0.222. The molecule has 0 aliphatic heterocycles. The highest BCUT2D eigenvalue weighted by Gasteiger charge is 2.12. The molecule has 0 aromatic rings. The Labute approximate surface area is 50.0 Å². The Bertz CT molecular complexity index is 80.6. The van der Waals surface area contributed by atoms with E-state index in [1.54, 1.807) is 6.92 Å². The van der Waals surface area contributed by atoms with Crippen LogP contribution >= 0.6 is 12.6 Å². The summed E-state index contributed by atoms with van der Waals surface area (Å²) < 4.78 is -0.222. The Morgan fingerprint density at radius 2 is 1.71 bits per heavy atom. The molecule has 0 aliphatic carbocycles. The Balaban J connectivity index is 3.79. The van der Waals surface area contributed by atoms with Crippen molar-refractivity contribution in [1.82, 2.24) is 0 Å². The topological polar surface area (TPSA) is 23.9 Å². The quantitative estimate of drug-likeness (QED) is 0.386. The minimum absolute atomic E-state index is 0.222. The molecule has 0 heterocycles. The predicted octanol–water partition coefficient (Wildman–Crippen LogP) is 1.73. The Morgan fingerprint density at radius 3 is 1.71 bits per heavy atom. The van der Waals surface area contributed by atoms with Gasteiger partial charge in [-0.15, -0.1) is 0 Å². The summed E-state index contributed by atoms with van der Waals surface area (Å²) in [5, 5.41) is 7.07. The van der Waals surface area contributed by atoms with Crippen LogP contribution in [0.2, 0.25) is 0 Å². The summed E-state index contributed by atoms with van der Waals surface area (Å²) in [6.45, 7) is 5.56. The van der Waals surface area contributed by atoms with Gasteiger partial charge in [0.2, 0.25) is 0 Å². The van der Waals surface area contributed by atoms with E-state index in [1.165, 1.54) is 0 Å². The normalized spacial score (nSPS) is 11.4. The van der Waals surface area contributed by atoms with Gasteiger partial charge in [0.05, 0.1) is 0 Å². The lowest BCUT2D eigenvalue weighted by Gasteiger charge is -2.13. The van der Waals surface area contributed by atoms with E-state index < -0.39 is 0 Å². The molecule has 1 nitrogen and oxygen atoms in total.